The highest BCUT2D eigenvalue weighted by molar-refractivity contribution is 5.95. The van der Waals surface area contributed by atoms with E-state index in [1.165, 1.54) is 30.5 Å². The van der Waals surface area contributed by atoms with Gasteiger partial charge < -0.3 is 9.47 Å². The van der Waals surface area contributed by atoms with Gasteiger partial charge in [-0.3, -0.25) is 14.9 Å². The van der Waals surface area contributed by atoms with Crippen LogP contribution in [0.25, 0.3) is 0 Å². The molecule has 0 spiro atoms. The number of hydrazone groups is 1. The molecule has 0 radical (unpaired) electrons. The summed E-state index contributed by atoms with van der Waals surface area (Å²) in [6.45, 7) is 4.08. The summed E-state index contributed by atoms with van der Waals surface area (Å²) in [7, 11) is 0. The minimum absolute atomic E-state index is 0.110. The molecule has 0 saturated heterocycles. The van der Waals surface area contributed by atoms with Crippen LogP contribution in [0.5, 0.6) is 11.5 Å². The molecule has 1 N–H and O–H groups in total. The summed E-state index contributed by atoms with van der Waals surface area (Å²) in [6.07, 6.45) is 1.40. The van der Waals surface area contributed by atoms with Gasteiger partial charge >= 0.3 is 5.97 Å². The van der Waals surface area contributed by atoms with E-state index in [1.54, 1.807) is 37.3 Å². The average Bonchev–Trinajstić information content (AvgIpc) is 2.81. The standard InChI is InChI=1S/C24H21N3O6/c1-3-32-22-14-17(6-13-21(22)33-24(29)19-7-4-16(2)5-8-19)15-25-26-23(28)18-9-11-20(12-10-18)27(30)31/h4-15H,3H2,1-2H3,(H,26,28)/b25-15+. The third kappa shape index (κ3) is 6.23. The molecular formula is C24H21N3O6. The Hall–Kier alpha value is -4.53. The first-order valence-electron chi connectivity index (χ1n) is 10.0. The van der Waals surface area contributed by atoms with Crippen LogP contribution in [0.3, 0.4) is 0 Å². The Bertz CT molecular complexity index is 1190. The van der Waals surface area contributed by atoms with Gasteiger partial charge in [-0.2, -0.15) is 5.10 Å². The second-order valence-corrected chi connectivity index (χ2v) is 6.90. The molecule has 0 aliphatic rings. The zero-order chi connectivity index (χ0) is 23.8. The maximum atomic E-state index is 12.4. The number of hydrogen-bond acceptors (Lipinski definition) is 7. The lowest BCUT2D eigenvalue weighted by Gasteiger charge is -2.11. The third-order valence-electron chi connectivity index (χ3n) is 4.48. The van der Waals surface area contributed by atoms with Gasteiger partial charge in [-0.25, -0.2) is 10.2 Å². The summed E-state index contributed by atoms with van der Waals surface area (Å²) in [6, 6.07) is 17.0. The van der Waals surface area contributed by atoms with E-state index in [0.29, 0.717) is 23.5 Å². The van der Waals surface area contributed by atoms with Crippen LogP contribution in [-0.4, -0.2) is 29.6 Å². The lowest BCUT2D eigenvalue weighted by Crippen LogP contribution is -2.17. The topological polar surface area (TPSA) is 120 Å². The number of carbonyl (C=O) groups excluding carboxylic acids is 2. The molecule has 0 atom stereocenters. The highest BCUT2D eigenvalue weighted by Crippen LogP contribution is 2.29. The van der Waals surface area contributed by atoms with E-state index in [9.17, 15) is 19.7 Å². The quantitative estimate of drug-likeness (QED) is 0.181. The monoisotopic (exact) mass is 447 g/mol. The molecule has 0 saturated carbocycles. The molecule has 0 aliphatic heterocycles. The third-order valence-corrected chi connectivity index (χ3v) is 4.48. The molecule has 3 rings (SSSR count). The number of nitro benzene ring substituents is 1. The number of aryl methyl sites for hydroxylation is 1. The Morgan fingerprint density at radius 2 is 1.67 bits per heavy atom. The van der Waals surface area contributed by atoms with Crippen LogP contribution in [0.2, 0.25) is 0 Å². The minimum atomic E-state index is -0.544. The summed E-state index contributed by atoms with van der Waals surface area (Å²) in [5.41, 5.74) is 4.52. The number of nitrogens with zero attached hydrogens (tertiary/aromatic N) is 2. The van der Waals surface area contributed by atoms with Crippen LogP contribution in [0.1, 0.15) is 38.8 Å². The molecule has 0 aromatic heterocycles. The Morgan fingerprint density at radius 1 is 1.00 bits per heavy atom. The van der Waals surface area contributed by atoms with E-state index >= 15 is 0 Å². The van der Waals surface area contributed by atoms with E-state index in [1.807, 2.05) is 19.1 Å². The van der Waals surface area contributed by atoms with Crippen molar-refractivity contribution in [3.8, 4) is 11.5 Å². The number of non-ortho nitro benzene ring substituents is 1. The van der Waals surface area contributed by atoms with E-state index in [0.717, 1.165) is 5.56 Å². The largest absolute Gasteiger partial charge is 0.490 e. The Kier molecular flexibility index (Phi) is 7.48. The van der Waals surface area contributed by atoms with Crippen molar-refractivity contribution in [3.63, 3.8) is 0 Å². The fourth-order valence-electron chi connectivity index (χ4n) is 2.77. The Labute approximate surface area is 189 Å². The molecule has 0 aliphatic carbocycles. The molecule has 0 fully saturated rings. The van der Waals surface area contributed by atoms with Gasteiger partial charge in [0.05, 0.1) is 23.3 Å². The second kappa shape index (κ2) is 10.7. The highest BCUT2D eigenvalue weighted by atomic mass is 16.6. The molecule has 33 heavy (non-hydrogen) atoms. The first kappa shape index (κ1) is 23.1. The van der Waals surface area contributed by atoms with E-state index in [-0.39, 0.29) is 17.0 Å². The van der Waals surface area contributed by atoms with E-state index in [2.05, 4.69) is 10.5 Å². The number of nitrogens with one attached hydrogen (secondary N) is 1. The van der Waals surface area contributed by atoms with Crippen molar-refractivity contribution in [2.75, 3.05) is 6.61 Å². The van der Waals surface area contributed by atoms with Gasteiger partial charge in [-0.1, -0.05) is 17.7 Å². The predicted molar refractivity (Wildman–Crippen MR) is 122 cm³/mol. The molecule has 0 bridgehead atoms. The van der Waals surface area contributed by atoms with Crippen molar-refractivity contribution in [1.82, 2.24) is 5.43 Å². The van der Waals surface area contributed by atoms with E-state index < -0.39 is 16.8 Å². The molecule has 9 heteroatoms. The summed E-state index contributed by atoms with van der Waals surface area (Å²) < 4.78 is 11.1. The summed E-state index contributed by atoms with van der Waals surface area (Å²) >= 11 is 0. The number of carbonyl (C=O) groups is 2. The molecule has 9 nitrogen and oxygen atoms in total. The number of rotatable bonds is 8. The molecule has 1 amide bonds. The van der Waals surface area contributed by atoms with Crippen molar-refractivity contribution in [3.05, 3.63) is 99.1 Å². The molecule has 3 aromatic rings. The number of benzene rings is 3. The van der Waals surface area contributed by atoms with Gasteiger partial charge in [0.15, 0.2) is 11.5 Å². The van der Waals surface area contributed by atoms with Crippen LogP contribution >= 0.6 is 0 Å². The zero-order valence-corrected chi connectivity index (χ0v) is 18.0. The van der Waals surface area contributed by atoms with Crippen LogP contribution in [0, 0.1) is 17.0 Å². The van der Waals surface area contributed by atoms with Gasteiger partial charge in [0.2, 0.25) is 0 Å². The van der Waals surface area contributed by atoms with Crippen molar-refractivity contribution in [2.45, 2.75) is 13.8 Å². The van der Waals surface area contributed by atoms with Gasteiger partial charge in [-0.05, 0) is 61.9 Å². The summed E-state index contributed by atoms with van der Waals surface area (Å²) in [5.74, 6) is -0.416. The van der Waals surface area contributed by atoms with Crippen molar-refractivity contribution >= 4 is 23.8 Å². The zero-order valence-electron chi connectivity index (χ0n) is 18.0. The van der Waals surface area contributed by atoms with Crippen LogP contribution in [-0.2, 0) is 0 Å². The number of nitro groups is 1. The second-order valence-electron chi connectivity index (χ2n) is 6.90. The smallest absolute Gasteiger partial charge is 0.343 e. The van der Waals surface area contributed by atoms with Crippen LogP contribution < -0.4 is 14.9 Å². The van der Waals surface area contributed by atoms with Crippen molar-refractivity contribution in [2.24, 2.45) is 5.10 Å². The molecular weight excluding hydrogens is 426 g/mol. The lowest BCUT2D eigenvalue weighted by atomic mass is 10.1. The molecule has 168 valence electrons. The molecule has 3 aromatic carbocycles. The summed E-state index contributed by atoms with van der Waals surface area (Å²) in [4.78, 5) is 34.7. The van der Waals surface area contributed by atoms with Gasteiger partial charge in [0.1, 0.15) is 0 Å². The highest BCUT2D eigenvalue weighted by Gasteiger charge is 2.13. The SMILES string of the molecule is CCOc1cc(/C=N/NC(=O)c2ccc([N+](=O)[O-])cc2)ccc1OC(=O)c1ccc(C)cc1. The van der Waals surface area contributed by atoms with E-state index in [4.69, 9.17) is 9.47 Å². The number of amides is 1. The molecule has 0 heterocycles. The average molecular weight is 447 g/mol. The number of esters is 1. The van der Waals surface area contributed by atoms with Crippen molar-refractivity contribution < 1.29 is 24.0 Å². The van der Waals surface area contributed by atoms with Crippen molar-refractivity contribution in [1.29, 1.82) is 0 Å². The maximum absolute atomic E-state index is 12.4. The first-order valence-corrected chi connectivity index (χ1v) is 10.0. The molecule has 0 unspecified atom stereocenters. The minimum Gasteiger partial charge on any atom is -0.490 e. The van der Waals surface area contributed by atoms with Gasteiger partial charge in [0, 0.05) is 17.7 Å². The maximum Gasteiger partial charge on any atom is 0.343 e. The Balaban J connectivity index is 1.68. The fourth-order valence-corrected chi connectivity index (χ4v) is 2.77. The Morgan fingerprint density at radius 3 is 2.30 bits per heavy atom. The first-order chi connectivity index (χ1) is 15.9. The summed E-state index contributed by atoms with van der Waals surface area (Å²) in [5, 5.41) is 14.6. The fraction of sp³-hybridized carbons (Fsp3) is 0.125. The predicted octanol–water partition coefficient (Wildman–Crippen LogP) is 4.29. The van der Waals surface area contributed by atoms with Crippen LogP contribution in [0.4, 0.5) is 5.69 Å². The number of ether oxygens (including phenoxy) is 2. The lowest BCUT2D eigenvalue weighted by molar-refractivity contribution is -0.384. The van der Waals surface area contributed by atoms with Crippen LogP contribution in [0.15, 0.2) is 71.8 Å². The van der Waals surface area contributed by atoms with Gasteiger partial charge in [0.25, 0.3) is 11.6 Å². The normalized spacial score (nSPS) is 10.6. The van der Waals surface area contributed by atoms with Gasteiger partial charge in [-0.15, -0.1) is 0 Å². The number of hydrogen-bond donors (Lipinski definition) is 1.